The highest BCUT2D eigenvalue weighted by Crippen LogP contribution is 2.37. The summed E-state index contributed by atoms with van der Waals surface area (Å²) in [5.74, 6) is -1.46. The number of nitrogens with zero attached hydrogens (tertiary/aromatic N) is 3. The van der Waals surface area contributed by atoms with Crippen LogP contribution in [0.4, 0.5) is 20.5 Å². The molecule has 0 spiro atoms. The summed E-state index contributed by atoms with van der Waals surface area (Å²) in [5.41, 5.74) is 6.54. The number of halogens is 3. The lowest BCUT2D eigenvalue weighted by atomic mass is 9.79. The van der Waals surface area contributed by atoms with E-state index in [4.69, 9.17) is 5.73 Å². The van der Waals surface area contributed by atoms with E-state index in [0.29, 0.717) is 18.8 Å². The zero-order chi connectivity index (χ0) is 21.1. The Kier molecular flexibility index (Phi) is 7.95. The van der Waals surface area contributed by atoms with Crippen LogP contribution >= 0.6 is 12.4 Å². The zero-order valence-electron chi connectivity index (χ0n) is 17.4. The number of aryl methyl sites for hydroxylation is 1. The topological polar surface area (TPSA) is 84.1 Å². The van der Waals surface area contributed by atoms with Crippen molar-refractivity contribution in [1.29, 1.82) is 0 Å². The summed E-state index contributed by atoms with van der Waals surface area (Å²) in [5, 5.41) is 3.35. The van der Waals surface area contributed by atoms with Crippen molar-refractivity contribution in [3.8, 4) is 0 Å². The van der Waals surface area contributed by atoms with Gasteiger partial charge < -0.3 is 16.0 Å². The van der Waals surface area contributed by atoms with Crippen LogP contribution in [0.3, 0.4) is 0 Å². The zero-order valence-corrected chi connectivity index (χ0v) is 18.2. The second kappa shape index (κ2) is 10.0. The molecule has 0 unspecified atom stereocenters. The van der Waals surface area contributed by atoms with E-state index in [9.17, 15) is 13.6 Å². The van der Waals surface area contributed by atoms with Crippen molar-refractivity contribution in [2.24, 2.45) is 5.73 Å². The second-order valence-electron chi connectivity index (χ2n) is 7.59. The number of hydrogen-bond donors (Lipinski definition) is 2. The second-order valence-corrected chi connectivity index (χ2v) is 7.59. The maximum atomic E-state index is 14.4. The van der Waals surface area contributed by atoms with Crippen molar-refractivity contribution in [3.63, 3.8) is 0 Å². The van der Waals surface area contributed by atoms with Crippen LogP contribution < -0.4 is 16.0 Å². The molecule has 0 radical (unpaired) electrons. The van der Waals surface area contributed by atoms with Gasteiger partial charge in [-0.2, -0.15) is 4.98 Å². The molecule has 1 aromatic carbocycles. The third-order valence-electron chi connectivity index (χ3n) is 5.65. The Bertz CT molecular complexity index is 903. The third-order valence-corrected chi connectivity index (χ3v) is 5.65. The first-order valence-electron chi connectivity index (χ1n) is 9.90. The fourth-order valence-electron chi connectivity index (χ4n) is 3.93. The molecular formula is C21H28ClF2N5O. The minimum Gasteiger partial charge on any atom is -0.366 e. The molecule has 1 heterocycles. The van der Waals surface area contributed by atoms with Gasteiger partial charge in [-0.15, -0.1) is 12.4 Å². The number of amides is 1. The van der Waals surface area contributed by atoms with E-state index in [0.717, 1.165) is 36.8 Å². The van der Waals surface area contributed by atoms with Gasteiger partial charge in [-0.1, -0.05) is 0 Å². The van der Waals surface area contributed by atoms with Gasteiger partial charge in [0.25, 0.3) is 0 Å². The molecule has 0 atom stereocenters. The predicted molar refractivity (Wildman–Crippen MR) is 116 cm³/mol. The van der Waals surface area contributed by atoms with Crippen molar-refractivity contribution < 1.29 is 13.6 Å². The largest absolute Gasteiger partial charge is 0.366 e. The van der Waals surface area contributed by atoms with Gasteiger partial charge in [0.05, 0.1) is 0 Å². The van der Waals surface area contributed by atoms with E-state index in [1.54, 1.807) is 6.20 Å². The number of nitrogens with one attached hydrogen (secondary N) is 1. The molecule has 1 aliphatic carbocycles. The molecule has 0 saturated heterocycles. The normalized spacial score (nSPS) is 18.4. The van der Waals surface area contributed by atoms with Crippen LogP contribution in [0.1, 0.15) is 60.0 Å². The number of hydrogen-bond acceptors (Lipinski definition) is 5. The standard InChI is InChI=1S/C21H27F2N5O.ClH/c1-4-28(3)20-12(2)11-25-21(27-20)26-14-7-5-13(6-8-14)17-15(19(24)29)9-10-16(22)18(17)23;/h9-11,13-14H,4-8H2,1-3H3,(H2,24,29)(H,25,26,27);1H/t13-,14+;. The number of rotatable bonds is 6. The summed E-state index contributed by atoms with van der Waals surface area (Å²) in [6, 6.07) is 2.35. The van der Waals surface area contributed by atoms with Gasteiger partial charge in [0.2, 0.25) is 11.9 Å². The Morgan fingerprint density at radius 3 is 2.53 bits per heavy atom. The lowest BCUT2D eigenvalue weighted by Gasteiger charge is -2.30. The molecule has 9 heteroatoms. The van der Waals surface area contributed by atoms with Gasteiger partial charge in [0.1, 0.15) is 5.82 Å². The molecule has 0 aliphatic heterocycles. The fraction of sp³-hybridized carbons (Fsp3) is 0.476. The van der Waals surface area contributed by atoms with Crippen molar-refractivity contribution in [2.75, 3.05) is 23.8 Å². The van der Waals surface area contributed by atoms with Crippen LogP contribution in [0.15, 0.2) is 18.3 Å². The molecule has 1 aliphatic rings. The van der Waals surface area contributed by atoms with Gasteiger partial charge in [-0.05, 0) is 57.6 Å². The Labute approximate surface area is 181 Å². The first kappa shape index (κ1) is 23.8. The average molecular weight is 440 g/mol. The lowest BCUT2D eigenvalue weighted by molar-refractivity contribution is 0.0998. The van der Waals surface area contributed by atoms with Gasteiger partial charge in [-0.25, -0.2) is 13.8 Å². The fourth-order valence-corrected chi connectivity index (χ4v) is 3.93. The van der Waals surface area contributed by atoms with E-state index in [2.05, 4.69) is 27.1 Å². The van der Waals surface area contributed by atoms with Crippen molar-refractivity contribution >= 4 is 30.1 Å². The number of carbonyl (C=O) groups excluding carboxylic acids is 1. The summed E-state index contributed by atoms with van der Waals surface area (Å²) < 4.78 is 28.2. The quantitative estimate of drug-likeness (QED) is 0.705. The minimum absolute atomic E-state index is 0. The molecule has 1 saturated carbocycles. The maximum Gasteiger partial charge on any atom is 0.249 e. The summed E-state index contributed by atoms with van der Waals surface area (Å²) >= 11 is 0. The molecule has 1 aromatic heterocycles. The van der Waals surface area contributed by atoms with Crippen molar-refractivity contribution in [2.45, 2.75) is 51.5 Å². The number of benzene rings is 1. The summed E-state index contributed by atoms with van der Waals surface area (Å²) in [4.78, 5) is 22.7. The van der Waals surface area contributed by atoms with E-state index >= 15 is 0 Å². The monoisotopic (exact) mass is 439 g/mol. The molecule has 1 amide bonds. The van der Waals surface area contributed by atoms with E-state index in [-0.39, 0.29) is 35.5 Å². The molecule has 30 heavy (non-hydrogen) atoms. The van der Waals surface area contributed by atoms with Gasteiger partial charge in [0.15, 0.2) is 11.6 Å². The Morgan fingerprint density at radius 1 is 1.27 bits per heavy atom. The number of primary amides is 1. The molecule has 6 nitrogen and oxygen atoms in total. The number of nitrogens with two attached hydrogens (primary N) is 1. The van der Waals surface area contributed by atoms with E-state index < -0.39 is 17.5 Å². The van der Waals surface area contributed by atoms with Crippen LogP contribution in [0.2, 0.25) is 0 Å². The lowest BCUT2D eigenvalue weighted by Crippen LogP contribution is -2.28. The Balaban J connectivity index is 0.00000320. The van der Waals surface area contributed by atoms with Crippen LogP contribution in [-0.2, 0) is 0 Å². The smallest absolute Gasteiger partial charge is 0.249 e. The van der Waals surface area contributed by atoms with Gasteiger partial charge >= 0.3 is 0 Å². The summed E-state index contributed by atoms with van der Waals surface area (Å²) in [6.45, 7) is 4.87. The van der Waals surface area contributed by atoms with Gasteiger partial charge in [0, 0.05) is 42.5 Å². The molecular weight excluding hydrogens is 412 g/mol. The highest BCUT2D eigenvalue weighted by Gasteiger charge is 2.29. The van der Waals surface area contributed by atoms with Crippen molar-refractivity contribution in [1.82, 2.24) is 9.97 Å². The summed E-state index contributed by atoms with van der Waals surface area (Å²) in [6.07, 6.45) is 4.49. The van der Waals surface area contributed by atoms with Gasteiger partial charge in [-0.3, -0.25) is 4.79 Å². The van der Waals surface area contributed by atoms with Crippen molar-refractivity contribution in [3.05, 3.63) is 46.7 Å². The first-order chi connectivity index (χ1) is 13.8. The first-order valence-corrected chi connectivity index (χ1v) is 9.90. The number of aromatic nitrogens is 2. The van der Waals surface area contributed by atoms with Crippen LogP contribution in [0.5, 0.6) is 0 Å². The Hall–Kier alpha value is -2.48. The molecule has 3 rings (SSSR count). The minimum atomic E-state index is -0.966. The third kappa shape index (κ3) is 4.98. The van der Waals surface area contributed by atoms with E-state index in [1.807, 2.05) is 14.0 Å². The summed E-state index contributed by atoms with van der Waals surface area (Å²) in [7, 11) is 1.98. The highest BCUT2D eigenvalue weighted by molar-refractivity contribution is 5.94. The Morgan fingerprint density at radius 2 is 1.93 bits per heavy atom. The molecule has 0 bridgehead atoms. The highest BCUT2D eigenvalue weighted by atomic mass is 35.5. The molecule has 164 valence electrons. The number of carbonyl (C=O) groups is 1. The maximum absolute atomic E-state index is 14.4. The predicted octanol–water partition coefficient (Wildman–Crippen LogP) is 4.18. The number of anilines is 2. The molecule has 1 fully saturated rings. The average Bonchev–Trinajstić information content (AvgIpc) is 2.71. The molecule has 2 aromatic rings. The van der Waals surface area contributed by atoms with Crippen LogP contribution in [-0.4, -0.2) is 35.5 Å². The van der Waals surface area contributed by atoms with Crippen LogP contribution in [0.25, 0.3) is 0 Å². The van der Waals surface area contributed by atoms with E-state index in [1.165, 1.54) is 6.07 Å². The SMILES string of the molecule is CCN(C)c1nc(N[C@H]2CC[C@@H](c3c(C(N)=O)ccc(F)c3F)CC2)ncc1C.Cl. The molecule has 3 N–H and O–H groups in total. The van der Waals surface area contributed by atoms with Crippen LogP contribution in [0, 0.1) is 18.6 Å².